The van der Waals surface area contributed by atoms with Crippen LogP contribution in [0.4, 0.5) is 14.9 Å². The molecule has 3 rings (SSSR count). The number of likely N-dealkylation sites (tertiary alicyclic amines) is 1. The zero-order valence-corrected chi connectivity index (χ0v) is 17.5. The molecule has 2 aliphatic rings. The molecule has 0 radical (unpaired) electrons. The van der Waals surface area contributed by atoms with E-state index in [1.807, 2.05) is 0 Å². The van der Waals surface area contributed by atoms with E-state index in [0.717, 1.165) is 26.1 Å². The Hall–Kier alpha value is -1.75. The molecule has 29 heavy (non-hydrogen) atoms. The van der Waals surface area contributed by atoms with Gasteiger partial charge in [-0.15, -0.1) is 0 Å². The molecular weight excluding hydrogens is 399 g/mol. The largest absolute Gasteiger partial charge is 0.379 e. The first-order valence-electron chi connectivity index (χ1n) is 9.92. The third kappa shape index (κ3) is 6.11. The highest BCUT2D eigenvalue weighted by atomic mass is 32.2. The number of hydrogen-bond acceptors (Lipinski definition) is 5. The van der Waals surface area contributed by atoms with Crippen molar-refractivity contribution < 1.29 is 22.3 Å². The summed E-state index contributed by atoms with van der Waals surface area (Å²) >= 11 is 0. The summed E-state index contributed by atoms with van der Waals surface area (Å²) in [6.07, 6.45) is 2.50. The fraction of sp³-hybridized carbons (Fsp3) is 0.632. The quantitative estimate of drug-likeness (QED) is 0.710. The highest BCUT2D eigenvalue weighted by Crippen LogP contribution is 2.21. The third-order valence-corrected chi connectivity index (χ3v) is 6.69. The highest BCUT2D eigenvalue weighted by molar-refractivity contribution is 7.88. The summed E-state index contributed by atoms with van der Waals surface area (Å²) in [6, 6.07) is 5.29. The van der Waals surface area contributed by atoms with Crippen molar-refractivity contribution in [2.24, 2.45) is 0 Å². The lowest BCUT2D eigenvalue weighted by Crippen LogP contribution is -2.44. The zero-order chi connectivity index (χ0) is 20.9. The van der Waals surface area contributed by atoms with Gasteiger partial charge in [0, 0.05) is 38.8 Å². The van der Waals surface area contributed by atoms with E-state index >= 15 is 0 Å². The standard InChI is InChI=1S/C19H29FN4O4S/c1-29(26,27)24(9-4-8-22-11-13-28-14-12-22)16-7-10-23(15-16)19(25)21-18-6-3-2-5-17(18)20/h2-3,5-6,16H,4,7-15H2,1H3,(H,21,25)/t16-/m0/s1. The van der Waals surface area contributed by atoms with E-state index in [4.69, 9.17) is 4.74 Å². The van der Waals surface area contributed by atoms with E-state index in [9.17, 15) is 17.6 Å². The van der Waals surface area contributed by atoms with Crippen LogP contribution in [0.25, 0.3) is 0 Å². The van der Waals surface area contributed by atoms with Crippen LogP contribution in [0.15, 0.2) is 24.3 Å². The number of morpholine rings is 1. The van der Waals surface area contributed by atoms with Gasteiger partial charge in [-0.2, -0.15) is 4.31 Å². The fourth-order valence-electron chi connectivity index (χ4n) is 3.81. The van der Waals surface area contributed by atoms with Crippen molar-refractivity contribution in [2.75, 3.05) is 64.1 Å². The van der Waals surface area contributed by atoms with Crippen LogP contribution in [-0.4, -0.2) is 93.3 Å². The van der Waals surface area contributed by atoms with Crippen LogP contribution < -0.4 is 5.32 Å². The topological polar surface area (TPSA) is 82.2 Å². The maximum atomic E-state index is 13.8. The van der Waals surface area contributed by atoms with Crippen molar-refractivity contribution in [1.82, 2.24) is 14.1 Å². The number of nitrogens with one attached hydrogen (secondary N) is 1. The molecule has 2 fully saturated rings. The maximum absolute atomic E-state index is 13.8. The number of halogens is 1. The minimum absolute atomic E-state index is 0.117. The van der Waals surface area contributed by atoms with Crippen molar-refractivity contribution >= 4 is 21.7 Å². The number of rotatable bonds is 7. The second-order valence-electron chi connectivity index (χ2n) is 7.48. The molecule has 0 unspecified atom stereocenters. The Bertz CT molecular complexity index is 801. The van der Waals surface area contributed by atoms with Gasteiger partial charge in [-0.3, -0.25) is 4.90 Å². The molecule has 2 heterocycles. The molecule has 0 bridgehead atoms. The number of sulfonamides is 1. The second kappa shape index (κ2) is 9.84. The Kier molecular flexibility index (Phi) is 7.44. The van der Waals surface area contributed by atoms with Gasteiger partial charge in [0.05, 0.1) is 25.2 Å². The van der Waals surface area contributed by atoms with Gasteiger partial charge in [0.1, 0.15) is 5.82 Å². The van der Waals surface area contributed by atoms with Crippen molar-refractivity contribution in [3.8, 4) is 0 Å². The van der Waals surface area contributed by atoms with Crippen LogP contribution in [0.5, 0.6) is 0 Å². The summed E-state index contributed by atoms with van der Waals surface area (Å²) in [5.74, 6) is -0.502. The average molecular weight is 429 g/mol. The molecule has 2 saturated heterocycles. The summed E-state index contributed by atoms with van der Waals surface area (Å²) in [5.41, 5.74) is 0.117. The molecule has 0 aromatic heterocycles. The smallest absolute Gasteiger partial charge is 0.321 e. The number of para-hydroxylation sites is 1. The number of benzene rings is 1. The number of urea groups is 1. The van der Waals surface area contributed by atoms with Gasteiger partial charge in [0.25, 0.3) is 0 Å². The Labute approximate surface area is 171 Å². The molecule has 10 heteroatoms. The second-order valence-corrected chi connectivity index (χ2v) is 9.41. The third-order valence-electron chi connectivity index (χ3n) is 5.36. The van der Waals surface area contributed by atoms with E-state index < -0.39 is 21.9 Å². The molecule has 1 aromatic carbocycles. The van der Waals surface area contributed by atoms with E-state index in [2.05, 4.69) is 10.2 Å². The highest BCUT2D eigenvalue weighted by Gasteiger charge is 2.34. The predicted molar refractivity (Wildman–Crippen MR) is 109 cm³/mol. The van der Waals surface area contributed by atoms with Gasteiger partial charge >= 0.3 is 6.03 Å². The minimum atomic E-state index is -3.39. The van der Waals surface area contributed by atoms with Crippen LogP contribution in [-0.2, 0) is 14.8 Å². The Morgan fingerprint density at radius 3 is 2.69 bits per heavy atom. The number of amides is 2. The number of anilines is 1. The maximum Gasteiger partial charge on any atom is 0.321 e. The zero-order valence-electron chi connectivity index (χ0n) is 16.7. The first-order valence-corrected chi connectivity index (χ1v) is 11.8. The lowest BCUT2D eigenvalue weighted by Gasteiger charge is -2.30. The molecule has 1 atom stereocenters. The number of hydrogen-bond donors (Lipinski definition) is 1. The van der Waals surface area contributed by atoms with Gasteiger partial charge in [-0.05, 0) is 31.5 Å². The summed E-state index contributed by atoms with van der Waals surface area (Å²) in [4.78, 5) is 16.3. The number of nitrogens with zero attached hydrogens (tertiary/aromatic N) is 3. The number of carbonyl (C=O) groups is 1. The molecule has 162 valence electrons. The molecule has 1 aromatic rings. The van der Waals surface area contributed by atoms with Gasteiger partial charge in [-0.25, -0.2) is 17.6 Å². The first kappa shape index (κ1) is 21.9. The van der Waals surface area contributed by atoms with Crippen LogP contribution in [0, 0.1) is 5.82 Å². The van der Waals surface area contributed by atoms with Crippen LogP contribution >= 0.6 is 0 Å². The van der Waals surface area contributed by atoms with Gasteiger partial charge in [-0.1, -0.05) is 12.1 Å². The normalized spacial score (nSPS) is 20.9. The number of carbonyl (C=O) groups excluding carboxylic acids is 1. The molecule has 2 amide bonds. The molecule has 2 aliphatic heterocycles. The van der Waals surface area contributed by atoms with E-state index in [0.29, 0.717) is 39.3 Å². The summed E-state index contributed by atoms with van der Waals surface area (Å²) in [6.45, 7) is 5.13. The Balaban J connectivity index is 1.54. The summed E-state index contributed by atoms with van der Waals surface area (Å²) in [7, 11) is -3.39. The van der Waals surface area contributed by atoms with Crippen molar-refractivity contribution in [3.63, 3.8) is 0 Å². The van der Waals surface area contributed by atoms with Crippen LogP contribution in [0.1, 0.15) is 12.8 Å². The molecule has 0 spiro atoms. The first-order chi connectivity index (χ1) is 13.8. The molecule has 1 N–H and O–H groups in total. The fourth-order valence-corrected chi connectivity index (χ4v) is 4.99. The number of ether oxygens (including phenoxy) is 1. The van der Waals surface area contributed by atoms with E-state index in [1.54, 1.807) is 12.1 Å². The predicted octanol–water partition coefficient (Wildman–Crippen LogP) is 1.42. The van der Waals surface area contributed by atoms with Crippen molar-refractivity contribution in [1.29, 1.82) is 0 Å². The summed E-state index contributed by atoms with van der Waals surface area (Å²) < 4.78 is 45.3. The molecule has 0 saturated carbocycles. The lowest BCUT2D eigenvalue weighted by molar-refractivity contribution is 0.0366. The van der Waals surface area contributed by atoms with Gasteiger partial charge in [0.15, 0.2) is 0 Å². The average Bonchev–Trinajstić information content (AvgIpc) is 3.16. The van der Waals surface area contributed by atoms with Crippen molar-refractivity contribution in [3.05, 3.63) is 30.1 Å². The molecular formula is C19H29FN4O4S. The molecule has 8 nitrogen and oxygen atoms in total. The monoisotopic (exact) mass is 428 g/mol. The SMILES string of the molecule is CS(=O)(=O)N(CCCN1CCOCC1)[C@H]1CCN(C(=O)Nc2ccccc2F)C1. The van der Waals surface area contributed by atoms with Gasteiger partial charge in [0.2, 0.25) is 10.0 Å². The lowest BCUT2D eigenvalue weighted by atomic mass is 10.2. The Morgan fingerprint density at radius 1 is 1.28 bits per heavy atom. The molecule has 0 aliphatic carbocycles. The summed E-state index contributed by atoms with van der Waals surface area (Å²) in [5, 5.41) is 2.56. The van der Waals surface area contributed by atoms with Crippen molar-refractivity contribution in [2.45, 2.75) is 18.9 Å². The van der Waals surface area contributed by atoms with E-state index in [-0.39, 0.29) is 11.7 Å². The van der Waals surface area contributed by atoms with Gasteiger partial charge < -0.3 is 15.0 Å². The van der Waals surface area contributed by atoms with Crippen LogP contribution in [0.2, 0.25) is 0 Å². The van der Waals surface area contributed by atoms with Crippen LogP contribution in [0.3, 0.4) is 0 Å². The van der Waals surface area contributed by atoms with E-state index in [1.165, 1.54) is 27.6 Å². The Morgan fingerprint density at radius 2 is 2.00 bits per heavy atom. The minimum Gasteiger partial charge on any atom is -0.379 e.